The number of carbonyl (C=O) groups excluding carboxylic acids is 3. The molecule has 4 amide bonds. The van der Waals surface area contributed by atoms with Crippen LogP contribution in [0.3, 0.4) is 0 Å². The molecule has 2 atom stereocenters. The van der Waals surface area contributed by atoms with E-state index in [0.717, 1.165) is 5.56 Å². The Bertz CT molecular complexity index is 518. The Hall–Kier alpha value is -2.44. The zero-order chi connectivity index (χ0) is 14.5. The van der Waals surface area contributed by atoms with Gasteiger partial charge in [0.25, 0.3) is 0 Å². The summed E-state index contributed by atoms with van der Waals surface area (Å²) in [6, 6.07) is 2.76. The number of nitrogens with zero attached hydrogens (tertiary/aromatic N) is 1. The van der Waals surface area contributed by atoms with E-state index in [1.807, 2.05) is 6.07 Å². The summed E-state index contributed by atoms with van der Waals surface area (Å²) in [5.41, 5.74) is 0.885. The summed E-state index contributed by atoms with van der Waals surface area (Å²) in [5, 5.41) is 7.46. The SMILES string of the molecule is CC1NC(=O)NC(=O)C1CC(=O)NCc1cccnc1. The minimum Gasteiger partial charge on any atom is -0.352 e. The van der Waals surface area contributed by atoms with Gasteiger partial charge < -0.3 is 10.6 Å². The van der Waals surface area contributed by atoms with Crippen LogP contribution in [0.15, 0.2) is 24.5 Å². The van der Waals surface area contributed by atoms with Gasteiger partial charge in [-0.05, 0) is 18.6 Å². The first-order valence-electron chi connectivity index (χ1n) is 6.33. The lowest BCUT2D eigenvalue weighted by Gasteiger charge is -2.28. The lowest BCUT2D eigenvalue weighted by Crippen LogP contribution is -2.57. The first-order chi connectivity index (χ1) is 9.56. The molecule has 0 bridgehead atoms. The van der Waals surface area contributed by atoms with Crippen LogP contribution in [0.25, 0.3) is 0 Å². The second-order valence-electron chi connectivity index (χ2n) is 4.70. The fourth-order valence-electron chi connectivity index (χ4n) is 2.02. The molecule has 20 heavy (non-hydrogen) atoms. The van der Waals surface area contributed by atoms with Gasteiger partial charge in [0.2, 0.25) is 11.8 Å². The number of pyridine rings is 1. The molecular formula is C13H16N4O3. The highest BCUT2D eigenvalue weighted by Gasteiger charge is 2.33. The van der Waals surface area contributed by atoms with E-state index in [9.17, 15) is 14.4 Å². The minimum absolute atomic E-state index is 0.0353. The molecule has 2 unspecified atom stereocenters. The third-order valence-electron chi connectivity index (χ3n) is 3.15. The molecule has 0 spiro atoms. The van der Waals surface area contributed by atoms with Gasteiger partial charge >= 0.3 is 6.03 Å². The summed E-state index contributed by atoms with van der Waals surface area (Å²) < 4.78 is 0. The topological polar surface area (TPSA) is 100 Å². The highest BCUT2D eigenvalue weighted by Crippen LogP contribution is 2.12. The zero-order valence-corrected chi connectivity index (χ0v) is 11.1. The molecule has 2 heterocycles. The third-order valence-corrected chi connectivity index (χ3v) is 3.15. The van der Waals surface area contributed by atoms with Gasteiger partial charge in [0.05, 0.1) is 5.92 Å². The summed E-state index contributed by atoms with van der Waals surface area (Å²) >= 11 is 0. The molecule has 0 aliphatic carbocycles. The molecule has 1 aromatic heterocycles. The molecule has 0 aromatic carbocycles. The van der Waals surface area contributed by atoms with E-state index in [2.05, 4.69) is 20.9 Å². The van der Waals surface area contributed by atoms with E-state index in [1.54, 1.807) is 25.4 Å². The monoisotopic (exact) mass is 276 g/mol. The summed E-state index contributed by atoms with van der Waals surface area (Å²) in [5.74, 6) is -1.21. The van der Waals surface area contributed by atoms with E-state index in [4.69, 9.17) is 0 Å². The van der Waals surface area contributed by atoms with Gasteiger partial charge in [0.1, 0.15) is 0 Å². The smallest absolute Gasteiger partial charge is 0.321 e. The molecule has 1 aromatic rings. The van der Waals surface area contributed by atoms with Crippen LogP contribution in [0, 0.1) is 5.92 Å². The van der Waals surface area contributed by atoms with Crippen molar-refractivity contribution in [3.63, 3.8) is 0 Å². The van der Waals surface area contributed by atoms with Gasteiger partial charge in [-0.15, -0.1) is 0 Å². The normalized spacial score (nSPS) is 21.9. The Morgan fingerprint density at radius 3 is 2.90 bits per heavy atom. The van der Waals surface area contributed by atoms with Crippen molar-refractivity contribution >= 4 is 17.8 Å². The predicted octanol–water partition coefficient (Wildman–Crippen LogP) is -0.0680. The van der Waals surface area contributed by atoms with Crippen molar-refractivity contribution in [2.75, 3.05) is 0 Å². The van der Waals surface area contributed by atoms with Gasteiger partial charge in [0, 0.05) is 31.4 Å². The van der Waals surface area contributed by atoms with Crippen molar-refractivity contribution < 1.29 is 14.4 Å². The van der Waals surface area contributed by atoms with E-state index >= 15 is 0 Å². The summed E-state index contributed by atoms with van der Waals surface area (Å²) in [4.78, 5) is 38.5. The minimum atomic E-state index is -0.554. The van der Waals surface area contributed by atoms with Crippen LogP contribution in [0.2, 0.25) is 0 Å². The Morgan fingerprint density at radius 2 is 2.25 bits per heavy atom. The fraction of sp³-hybridized carbons (Fsp3) is 0.385. The van der Waals surface area contributed by atoms with Gasteiger partial charge in [-0.3, -0.25) is 19.9 Å². The molecule has 1 saturated heterocycles. The number of nitrogens with one attached hydrogen (secondary N) is 3. The number of hydrogen-bond donors (Lipinski definition) is 3. The Balaban J connectivity index is 1.85. The number of imide groups is 1. The summed E-state index contributed by atoms with van der Waals surface area (Å²) in [7, 11) is 0. The second-order valence-corrected chi connectivity index (χ2v) is 4.70. The average molecular weight is 276 g/mol. The number of rotatable bonds is 4. The van der Waals surface area contributed by atoms with Crippen LogP contribution in [0.4, 0.5) is 4.79 Å². The van der Waals surface area contributed by atoms with E-state index in [-0.39, 0.29) is 18.4 Å². The maximum absolute atomic E-state index is 11.8. The fourth-order valence-corrected chi connectivity index (χ4v) is 2.02. The largest absolute Gasteiger partial charge is 0.352 e. The number of aromatic nitrogens is 1. The van der Waals surface area contributed by atoms with Gasteiger partial charge in [0.15, 0.2) is 0 Å². The van der Waals surface area contributed by atoms with Crippen LogP contribution >= 0.6 is 0 Å². The summed E-state index contributed by atoms with van der Waals surface area (Å²) in [6.45, 7) is 2.07. The second kappa shape index (κ2) is 6.14. The van der Waals surface area contributed by atoms with Crippen molar-refractivity contribution in [2.24, 2.45) is 5.92 Å². The predicted molar refractivity (Wildman–Crippen MR) is 70.3 cm³/mol. The quantitative estimate of drug-likeness (QED) is 0.716. The Morgan fingerprint density at radius 1 is 1.45 bits per heavy atom. The molecular weight excluding hydrogens is 260 g/mol. The zero-order valence-electron chi connectivity index (χ0n) is 11.1. The highest BCUT2D eigenvalue weighted by atomic mass is 16.2. The summed E-state index contributed by atoms with van der Waals surface area (Å²) in [6.07, 6.45) is 3.35. The molecule has 2 rings (SSSR count). The number of amides is 4. The Kier molecular flexibility index (Phi) is 4.29. The molecule has 7 nitrogen and oxygen atoms in total. The standard InChI is InChI=1S/C13H16N4O3/c1-8-10(12(19)17-13(20)16-8)5-11(18)15-7-9-3-2-4-14-6-9/h2-4,6,8,10H,5,7H2,1H3,(H,15,18)(H2,16,17,19,20). The molecule has 3 N–H and O–H groups in total. The van der Waals surface area contributed by atoms with Crippen molar-refractivity contribution in [2.45, 2.75) is 25.9 Å². The molecule has 7 heteroatoms. The van der Waals surface area contributed by atoms with Crippen LogP contribution in [0.1, 0.15) is 18.9 Å². The molecule has 0 saturated carbocycles. The lowest BCUT2D eigenvalue weighted by molar-refractivity contribution is -0.131. The van der Waals surface area contributed by atoms with E-state index in [1.165, 1.54) is 0 Å². The van der Waals surface area contributed by atoms with E-state index in [0.29, 0.717) is 6.54 Å². The number of urea groups is 1. The molecule has 1 aliphatic rings. The Labute approximate surface area is 116 Å². The van der Waals surface area contributed by atoms with Crippen molar-refractivity contribution in [1.29, 1.82) is 0 Å². The van der Waals surface area contributed by atoms with Crippen LogP contribution < -0.4 is 16.0 Å². The number of carbonyl (C=O) groups is 3. The highest BCUT2D eigenvalue weighted by molar-refractivity contribution is 6.00. The van der Waals surface area contributed by atoms with E-state index < -0.39 is 17.9 Å². The molecule has 0 radical (unpaired) electrons. The van der Waals surface area contributed by atoms with Crippen LogP contribution in [0.5, 0.6) is 0 Å². The average Bonchev–Trinajstić information content (AvgIpc) is 2.42. The van der Waals surface area contributed by atoms with Gasteiger partial charge in [-0.1, -0.05) is 6.07 Å². The molecule has 1 aliphatic heterocycles. The lowest BCUT2D eigenvalue weighted by atomic mass is 9.94. The van der Waals surface area contributed by atoms with Crippen LogP contribution in [-0.4, -0.2) is 28.9 Å². The van der Waals surface area contributed by atoms with Crippen LogP contribution in [-0.2, 0) is 16.1 Å². The first kappa shape index (κ1) is 14.0. The van der Waals surface area contributed by atoms with Crippen molar-refractivity contribution in [1.82, 2.24) is 20.9 Å². The van der Waals surface area contributed by atoms with Gasteiger partial charge in [-0.25, -0.2) is 4.79 Å². The van der Waals surface area contributed by atoms with Crippen molar-refractivity contribution in [3.8, 4) is 0 Å². The number of hydrogen-bond acceptors (Lipinski definition) is 4. The third kappa shape index (κ3) is 3.53. The maximum atomic E-state index is 11.8. The first-order valence-corrected chi connectivity index (χ1v) is 6.33. The van der Waals surface area contributed by atoms with Gasteiger partial charge in [-0.2, -0.15) is 0 Å². The maximum Gasteiger partial charge on any atom is 0.321 e. The van der Waals surface area contributed by atoms with Crippen molar-refractivity contribution in [3.05, 3.63) is 30.1 Å². The molecule has 106 valence electrons. The molecule has 1 fully saturated rings.